The molecule has 80 valence electrons. The molecule has 15 heavy (non-hydrogen) atoms. The maximum absolute atomic E-state index is 10.6. The van der Waals surface area contributed by atoms with Crippen LogP contribution < -0.4 is 5.73 Å². The summed E-state index contributed by atoms with van der Waals surface area (Å²) in [6.45, 7) is 0.571. The average molecular weight is 227 g/mol. The molecule has 0 heterocycles. The van der Waals surface area contributed by atoms with Gasteiger partial charge in [0, 0.05) is 18.0 Å². The maximum atomic E-state index is 10.6. The van der Waals surface area contributed by atoms with Crippen LogP contribution in [0.5, 0.6) is 0 Å². The van der Waals surface area contributed by atoms with E-state index in [1.54, 1.807) is 12.1 Å². The molecule has 0 bridgehead atoms. The van der Waals surface area contributed by atoms with Gasteiger partial charge in [0.15, 0.2) is 0 Å². The molecule has 1 saturated carbocycles. The van der Waals surface area contributed by atoms with Gasteiger partial charge >= 0.3 is 0 Å². The average Bonchev–Trinajstić information content (AvgIpc) is 2.97. The van der Waals surface area contributed by atoms with Crippen molar-refractivity contribution in [2.75, 3.05) is 6.54 Å². The first kappa shape index (κ1) is 10.4. The summed E-state index contributed by atoms with van der Waals surface area (Å²) in [4.78, 5) is 10.1. The number of nitrogens with zero attached hydrogens (tertiary/aromatic N) is 1. The minimum atomic E-state index is -0.478. The number of hydrogen-bond acceptors (Lipinski definition) is 3. The second-order valence-corrected chi connectivity index (χ2v) is 4.31. The predicted molar refractivity (Wildman–Crippen MR) is 58.1 cm³/mol. The third-order valence-electron chi connectivity index (χ3n) is 3.00. The SMILES string of the molecule is NCC1(c2ccc([N+](=O)[O-])c(Cl)c2)CC1. The van der Waals surface area contributed by atoms with Crippen molar-refractivity contribution in [3.05, 3.63) is 38.9 Å². The van der Waals surface area contributed by atoms with E-state index >= 15 is 0 Å². The van der Waals surface area contributed by atoms with E-state index < -0.39 is 4.92 Å². The molecule has 0 spiro atoms. The Hall–Kier alpha value is -1.13. The third kappa shape index (κ3) is 1.70. The first-order valence-corrected chi connectivity index (χ1v) is 5.11. The highest BCUT2D eigenvalue weighted by Gasteiger charge is 2.43. The summed E-state index contributed by atoms with van der Waals surface area (Å²) in [5.74, 6) is 0. The zero-order chi connectivity index (χ0) is 11.1. The molecule has 4 nitrogen and oxygen atoms in total. The van der Waals surface area contributed by atoms with Crippen LogP contribution in [0.25, 0.3) is 0 Å². The molecule has 1 aliphatic rings. The van der Waals surface area contributed by atoms with Gasteiger partial charge in [0.25, 0.3) is 5.69 Å². The van der Waals surface area contributed by atoms with Gasteiger partial charge in [-0.15, -0.1) is 0 Å². The van der Waals surface area contributed by atoms with Crippen molar-refractivity contribution in [2.24, 2.45) is 5.73 Å². The van der Waals surface area contributed by atoms with E-state index in [1.807, 2.05) is 0 Å². The monoisotopic (exact) mass is 226 g/mol. The first-order valence-electron chi connectivity index (χ1n) is 4.73. The minimum Gasteiger partial charge on any atom is -0.330 e. The summed E-state index contributed by atoms with van der Waals surface area (Å²) in [6, 6.07) is 4.87. The summed E-state index contributed by atoms with van der Waals surface area (Å²) in [5, 5.41) is 10.8. The molecule has 0 unspecified atom stereocenters. The Morgan fingerprint density at radius 2 is 2.20 bits per heavy atom. The van der Waals surface area contributed by atoms with Gasteiger partial charge in [0.1, 0.15) is 5.02 Å². The van der Waals surface area contributed by atoms with Gasteiger partial charge < -0.3 is 5.73 Å². The van der Waals surface area contributed by atoms with Crippen molar-refractivity contribution in [1.29, 1.82) is 0 Å². The fourth-order valence-electron chi connectivity index (χ4n) is 1.75. The Bertz CT molecular complexity index is 416. The molecule has 1 aromatic carbocycles. The van der Waals surface area contributed by atoms with Crippen LogP contribution in [-0.2, 0) is 5.41 Å². The Balaban J connectivity index is 2.38. The van der Waals surface area contributed by atoms with Crippen LogP contribution in [0.15, 0.2) is 18.2 Å². The van der Waals surface area contributed by atoms with Crippen LogP contribution in [0.1, 0.15) is 18.4 Å². The molecule has 0 radical (unpaired) electrons. The van der Waals surface area contributed by atoms with Gasteiger partial charge in [-0.2, -0.15) is 0 Å². The minimum absolute atomic E-state index is 0.0266. The highest BCUT2D eigenvalue weighted by molar-refractivity contribution is 6.32. The van der Waals surface area contributed by atoms with Gasteiger partial charge in [-0.1, -0.05) is 17.7 Å². The zero-order valence-electron chi connectivity index (χ0n) is 8.07. The number of halogens is 1. The molecule has 1 fully saturated rings. The molecule has 5 heteroatoms. The Morgan fingerprint density at radius 3 is 2.60 bits per heavy atom. The lowest BCUT2D eigenvalue weighted by Crippen LogP contribution is -2.19. The predicted octanol–water partition coefficient (Wildman–Crippen LogP) is 2.24. The van der Waals surface area contributed by atoms with Crippen LogP contribution in [0.4, 0.5) is 5.69 Å². The molecule has 0 aliphatic heterocycles. The number of nitro groups is 1. The van der Waals surface area contributed by atoms with Crippen LogP contribution in [0.2, 0.25) is 5.02 Å². The highest BCUT2D eigenvalue weighted by atomic mass is 35.5. The maximum Gasteiger partial charge on any atom is 0.287 e. The van der Waals surface area contributed by atoms with Crippen molar-refractivity contribution < 1.29 is 4.92 Å². The van der Waals surface area contributed by atoms with Crippen LogP contribution in [0, 0.1) is 10.1 Å². The Kier molecular flexibility index (Phi) is 2.40. The summed E-state index contributed by atoms with van der Waals surface area (Å²) in [7, 11) is 0. The van der Waals surface area contributed by atoms with Crippen molar-refractivity contribution in [3.8, 4) is 0 Å². The van der Waals surface area contributed by atoms with Crippen molar-refractivity contribution >= 4 is 17.3 Å². The van der Waals surface area contributed by atoms with E-state index in [0.29, 0.717) is 6.54 Å². The number of rotatable bonds is 3. The summed E-state index contributed by atoms with van der Waals surface area (Å²) in [5.41, 5.74) is 6.66. The van der Waals surface area contributed by atoms with E-state index in [2.05, 4.69) is 0 Å². The standard InChI is InChI=1S/C10H11ClN2O2/c11-8-5-7(10(6-12)3-4-10)1-2-9(8)13(14)15/h1-2,5H,3-4,6,12H2. The summed E-state index contributed by atoms with van der Waals surface area (Å²) >= 11 is 5.83. The fourth-order valence-corrected chi connectivity index (χ4v) is 2.00. The van der Waals surface area contributed by atoms with E-state index in [0.717, 1.165) is 18.4 Å². The van der Waals surface area contributed by atoms with Crippen molar-refractivity contribution in [1.82, 2.24) is 0 Å². The molecular weight excluding hydrogens is 216 g/mol. The second kappa shape index (κ2) is 3.47. The van der Waals surface area contributed by atoms with E-state index in [9.17, 15) is 10.1 Å². The lowest BCUT2D eigenvalue weighted by molar-refractivity contribution is -0.384. The Labute approximate surface area is 92.2 Å². The molecule has 0 saturated heterocycles. The van der Waals surface area contributed by atoms with E-state index in [4.69, 9.17) is 17.3 Å². The van der Waals surface area contributed by atoms with Crippen LogP contribution in [0.3, 0.4) is 0 Å². The largest absolute Gasteiger partial charge is 0.330 e. The molecule has 0 atom stereocenters. The molecule has 1 aliphatic carbocycles. The number of nitro benzene ring substituents is 1. The zero-order valence-corrected chi connectivity index (χ0v) is 8.83. The lowest BCUT2D eigenvalue weighted by atomic mass is 9.96. The summed E-state index contributed by atoms with van der Waals surface area (Å²) in [6.07, 6.45) is 2.08. The van der Waals surface area contributed by atoms with Gasteiger partial charge in [0.05, 0.1) is 4.92 Å². The van der Waals surface area contributed by atoms with Gasteiger partial charge in [-0.3, -0.25) is 10.1 Å². The molecule has 2 N–H and O–H groups in total. The van der Waals surface area contributed by atoms with Crippen LogP contribution in [-0.4, -0.2) is 11.5 Å². The number of nitrogens with two attached hydrogens (primary N) is 1. The van der Waals surface area contributed by atoms with E-state index in [1.165, 1.54) is 6.07 Å². The molecule has 1 aromatic rings. The second-order valence-electron chi connectivity index (χ2n) is 3.91. The van der Waals surface area contributed by atoms with E-state index in [-0.39, 0.29) is 16.1 Å². The first-order chi connectivity index (χ1) is 7.09. The quantitative estimate of drug-likeness (QED) is 0.635. The fraction of sp³-hybridized carbons (Fsp3) is 0.400. The topological polar surface area (TPSA) is 69.2 Å². The molecule has 0 amide bonds. The summed E-state index contributed by atoms with van der Waals surface area (Å²) < 4.78 is 0. The van der Waals surface area contributed by atoms with Gasteiger partial charge in [0.2, 0.25) is 0 Å². The van der Waals surface area contributed by atoms with Crippen molar-refractivity contribution in [2.45, 2.75) is 18.3 Å². The van der Waals surface area contributed by atoms with Crippen LogP contribution >= 0.6 is 11.6 Å². The number of benzene rings is 1. The highest BCUT2D eigenvalue weighted by Crippen LogP contribution is 2.48. The lowest BCUT2D eigenvalue weighted by Gasteiger charge is -2.12. The Morgan fingerprint density at radius 1 is 1.53 bits per heavy atom. The number of hydrogen-bond donors (Lipinski definition) is 1. The smallest absolute Gasteiger partial charge is 0.287 e. The molecule has 0 aromatic heterocycles. The van der Waals surface area contributed by atoms with Crippen molar-refractivity contribution in [3.63, 3.8) is 0 Å². The van der Waals surface area contributed by atoms with Gasteiger partial charge in [-0.25, -0.2) is 0 Å². The third-order valence-corrected chi connectivity index (χ3v) is 3.30. The van der Waals surface area contributed by atoms with Gasteiger partial charge in [-0.05, 0) is 24.5 Å². The molecular formula is C10H11ClN2O2. The molecule has 2 rings (SSSR count). The normalized spacial score (nSPS) is 17.5.